The summed E-state index contributed by atoms with van der Waals surface area (Å²) in [6.07, 6.45) is 0.598. The molecule has 6 nitrogen and oxygen atoms in total. The summed E-state index contributed by atoms with van der Waals surface area (Å²) in [5.74, 6) is 1.55. The molecule has 32 heavy (non-hydrogen) atoms. The number of carboxylic acids is 1. The van der Waals surface area contributed by atoms with E-state index in [4.69, 9.17) is 13.9 Å². The van der Waals surface area contributed by atoms with Crippen molar-refractivity contribution in [1.82, 2.24) is 4.98 Å². The van der Waals surface area contributed by atoms with Crippen LogP contribution in [0.3, 0.4) is 0 Å². The van der Waals surface area contributed by atoms with E-state index in [0.717, 1.165) is 27.8 Å². The summed E-state index contributed by atoms with van der Waals surface area (Å²) < 4.78 is 17.7. The number of carboxylic acid groups (broad SMARTS) is 1. The normalized spacial score (nSPS) is 11.5. The van der Waals surface area contributed by atoms with Crippen molar-refractivity contribution in [2.75, 3.05) is 6.61 Å². The Labute approximate surface area is 186 Å². The lowest BCUT2D eigenvalue weighted by molar-refractivity contribution is -0.152. The summed E-state index contributed by atoms with van der Waals surface area (Å²) in [4.78, 5) is 16.1. The highest BCUT2D eigenvalue weighted by molar-refractivity contribution is 5.93. The number of hydrogen-bond acceptors (Lipinski definition) is 5. The van der Waals surface area contributed by atoms with Crippen molar-refractivity contribution in [2.24, 2.45) is 0 Å². The van der Waals surface area contributed by atoms with Gasteiger partial charge in [0.15, 0.2) is 5.60 Å². The summed E-state index contributed by atoms with van der Waals surface area (Å²) in [7, 11) is 0. The van der Waals surface area contributed by atoms with Gasteiger partial charge in [-0.15, -0.1) is 0 Å². The average Bonchev–Trinajstić information content (AvgIpc) is 3.16. The van der Waals surface area contributed by atoms with Crippen molar-refractivity contribution < 1.29 is 23.8 Å². The largest absolute Gasteiger partial charge is 0.493 e. The molecule has 0 bridgehead atoms. The van der Waals surface area contributed by atoms with Crippen LogP contribution in [0.2, 0.25) is 0 Å². The minimum Gasteiger partial charge on any atom is -0.493 e. The van der Waals surface area contributed by atoms with Crippen LogP contribution in [0.25, 0.3) is 22.2 Å². The first-order valence-electron chi connectivity index (χ1n) is 10.4. The molecular formula is C26H25NO5. The number of fused-ring (bicyclic) bond motifs is 1. The van der Waals surface area contributed by atoms with Gasteiger partial charge < -0.3 is 19.0 Å². The standard InChI is InChI=1S/C26H25NO5/c1-17-21(27-24(31-17)18-9-5-4-6-10-18)15-16-30-22-13-14-23(32-26(2,3)25(28)29)20-12-8-7-11-19(20)22/h4-14H,15-16H2,1-3H3,(H,28,29). The molecular weight excluding hydrogens is 406 g/mol. The van der Waals surface area contributed by atoms with Crippen LogP contribution in [-0.4, -0.2) is 28.3 Å². The maximum atomic E-state index is 11.5. The van der Waals surface area contributed by atoms with E-state index in [9.17, 15) is 9.90 Å². The number of carbonyl (C=O) groups is 1. The lowest BCUT2D eigenvalue weighted by atomic mass is 10.1. The lowest BCUT2D eigenvalue weighted by Crippen LogP contribution is -2.37. The Bertz CT molecular complexity index is 1240. The quantitative estimate of drug-likeness (QED) is 0.387. The molecule has 0 amide bonds. The zero-order chi connectivity index (χ0) is 22.7. The topological polar surface area (TPSA) is 81.8 Å². The van der Waals surface area contributed by atoms with Gasteiger partial charge in [0.2, 0.25) is 5.89 Å². The third-order valence-electron chi connectivity index (χ3n) is 5.23. The van der Waals surface area contributed by atoms with Crippen LogP contribution in [0.1, 0.15) is 25.3 Å². The van der Waals surface area contributed by atoms with Gasteiger partial charge in [0, 0.05) is 22.8 Å². The summed E-state index contributed by atoms with van der Waals surface area (Å²) in [6, 6.07) is 21.0. The summed E-state index contributed by atoms with van der Waals surface area (Å²) in [6.45, 7) is 5.38. The molecule has 4 rings (SSSR count). The highest BCUT2D eigenvalue weighted by atomic mass is 16.5. The molecule has 0 aliphatic heterocycles. The van der Waals surface area contributed by atoms with E-state index < -0.39 is 11.6 Å². The van der Waals surface area contributed by atoms with Gasteiger partial charge in [-0.3, -0.25) is 0 Å². The van der Waals surface area contributed by atoms with Crippen LogP contribution >= 0.6 is 0 Å². The maximum absolute atomic E-state index is 11.5. The van der Waals surface area contributed by atoms with Gasteiger partial charge in [0.1, 0.15) is 17.3 Å². The van der Waals surface area contributed by atoms with E-state index in [-0.39, 0.29) is 0 Å². The van der Waals surface area contributed by atoms with Crippen molar-refractivity contribution in [2.45, 2.75) is 32.8 Å². The van der Waals surface area contributed by atoms with E-state index in [1.165, 1.54) is 13.8 Å². The highest BCUT2D eigenvalue weighted by Crippen LogP contribution is 2.35. The van der Waals surface area contributed by atoms with Crippen molar-refractivity contribution in [3.63, 3.8) is 0 Å². The molecule has 4 aromatic rings. The molecule has 0 fully saturated rings. The Morgan fingerprint density at radius 1 is 0.969 bits per heavy atom. The summed E-state index contributed by atoms with van der Waals surface area (Å²) in [5.41, 5.74) is 0.455. The first kappa shape index (κ1) is 21.4. The Balaban J connectivity index is 1.51. The van der Waals surface area contributed by atoms with Gasteiger partial charge in [-0.2, -0.15) is 0 Å². The predicted molar refractivity (Wildman–Crippen MR) is 122 cm³/mol. The molecule has 1 aromatic heterocycles. The molecule has 0 saturated heterocycles. The van der Waals surface area contributed by atoms with Crippen LogP contribution in [0.15, 0.2) is 71.1 Å². The minimum atomic E-state index is -1.34. The third-order valence-corrected chi connectivity index (χ3v) is 5.23. The molecule has 0 radical (unpaired) electrons. The SMILES string of the molecule is Cc1oc(-c2ccccc2)nc1CCOc1ccc(OC(C)(C)C(=O)O)c2ccccc12. The fourth-order valence-corrected chi connectivity index (χ4v) is 3.40. The Hall–Kier alpha value is -3.80. The van der Waals surface area contributed by atoms with Gasteiger partial charge in [-0.25, -0.2) is 9.78 Å². The van der Waals surface area contributed by atoms with Gasteiger partial charge in [0.05, 0.1) is 12.3 Å². The average molecular weight is 431 g/mol. The first-order chi connectivity index (χ1) is 15.3. The van der Waals surface area contributed by atoms with Gasteiger partial charge in [-0.1, -0.05) is 42.5 Å². The fourth-order valence-electron chi connectivity index (χ4n) is 3.40. The monoisotopic (exact) mass is 431 g/mol. The Kier molecular flexibility index (Phi) is 5.86. The van der Waals surface area contributed by atoms with Gasteiger partial charge >= 0.3 is 5.97 Å². The first-order valence-corrected chi connectivity index (χ1v) is 10.4. The van der Waals surface area contributed by atoms with Crippen molar-refractivity contribution >= 4 is 16.7 Å². The van der Waals surface area contributed by atoms with E-state index in [0.29, 0.717) is 30.4 Å². The number of hydrogen-bond donors (Lipinski definition) is 1. The number of aromatic nitrogens is 1. The Morgan fingerprint density at radius 3 is 2.28 bits per heavy atom. The van der Waals surface area contributed by atoms with Gasteiger partial charge in [-0.05, 0) is 45.0 Å². The molecule has 0 aliphatic rings. The number of aryl methyl sites for hydroxylation is 1. The van der Waals surface area contributed by atoms with E-state index in [1.807, 2.05) is 61.5 Å². The molecule has 6 heteroatoms. The number of aliphatic carboxylic acids is 1. The van der Waals surface area contributed by atoms with E-state index in [2.05, 4.69) is 4.98 Å². The molecule has 3 aromatic carbocycles. The predicted octanol–water partition coefficient (Wildman–Crippen LogP) is 5.67. The van der Waals surface area contributed by atoms with Crippen LogP contribution in [-0.2, 0) is 11.2 Å². The molecule has 0 spiro atoms. The second-order valence-corrected chi connectivity index (χ2v) is 8.01. The molecule has 0 unspecified atom stereocenters. The van der Waals surface area contributed by atoms with Crippen LogP contribution in [0, 0.1) is 6.92 Å². The van der Waals surface area contributed by atoms with Crippen molar-refractivity contribution in [1.29, 1.82) is 0 Å². The molecule has 164 valence electrons. The van der Waals surface area contributed by atoms with Crippen LogP contribution < -0.4 is 9.47 Å². The number of ether oxygens (including phenoxy) is 2. The molecule has 0 saturated carbocycles. The second-order valence-electron chi connectivity index (χ2n) is 8.01. The zero-order valence-electron chi connectivity index (χ0n) is 18.3. The number of rotatable bonds is 8. The maximum Gasteiger partial charge on any atom is 0.347 e. The number of benzene rings is 3. The molecule has 0 aliphatic carbocycles. The lowest BCUT2D eigenvalue weighted by Gasteiger charge is -2.23. The van der Waals surface area contributed by atoms with E-state index in [1.54, 1.807) is 12.1 Å². The van der Waals surface area contributed by atoms with E-state index >= 15 is 0 Å². The summed E-state index contributed by atoms with van der Waals surface area (Å²) >= 11 is 0. The fraction of sp³-hybridized carbons (Fsp3) is 0.231. The second kappa shape index (κ2) is 8.75. The van der Waals surface area contributed by atoms with Gasteiger partial charge in [0.25, 0.3) is 0 Å². The Morgan fingerprint density at radius 2 is 1.59 bits per heavy atom. The molecule has 1 N–H and O–H groups in total. The van der Waals surface area contributed by atoms with Crippen LogP contribution in [0.5, 0.6) is 11.5 Å². The van der Waals surface area contributed by atoms with Crippen LogP contribution in [0.4, 0.5) is 0 Å². The van der Waals surface area contributed by atoms with Crippen molar-refractivity contribution in [3.05, 3.63) is 78.2 Å². The minimum absolute atomic E-state index is 0.423. The number of nitrogens with zero attached hydrogens (tertiary/aromatic N) is 1. The third kappa shape index (κ3) is 4.44. The number of oxazole rings is 1. The molecule has 1 heterocycles. The molecule has 0 atom stereocenters. The summed E-state index contributed by atoms with van der Waals surface area (Å²) in [5, 5.41) is 11.0. The highest BCUT2D eigenvalue weighted by Gasteiger charge is 2.30. The van der Waals surface area contributed by atoms with Crippen molar-refractivity contribution in [3.8, 4) is 23.0 Å². The smallest absolute Gasteiger partial charge is 0.347 e. The zero-order valence-corrected chi connectivity index (χ0v) is 18.3.